The van der Waals surface area contributed by atoms with Gasteiger partial charge in [0.1, 0.15) is 0 Å². The Hall–Kier alpha value is -0.110. The van der Waals surface area contributed by atoms with Crippen LogP contribution < -0.4 is 0 Å². The molecule has 0 aromatic heterocycles. The third-order valence-electron chi connectivity index (χ3n) is 1.63. The van der Waals surface area contributed by atoms with Crippen molar-refractivity contribution in [1.82, 2.24) is 0 Å². The van der Waals surface area contributed by atoms with E-state index in [1.807, 2.05) is 0 Å². The zero-order valence-corrected chi connectivity index (χ0v) is 9.69. The van der Waals surface area contributed by atoms with Crippen LogP contribution in [-0.4, -0.2) is 43.4 Å². The summed E-state index contributed by atoms with van der Waals surface area (Å²) in [6, 6.07) is 0. The van der Waals surface area contributed by atoms with Crippen molar-refractivity contribution in [2.24, 2.45) is 0 Å². The number of thiol groups is 1. The first kappa shape index (κ1) is 14.9. The molecule has 0 saturated carbocycles. The normalized spacial score (nSPS) is 18.2. The van der Waals surface area contributed by atoms with Gasteiger partial charge in [0.25, 0.3) is 0 Å². The zero-order chi connectivity index (χ0) is 12.3. The summed E-state index contributed by atoms with van der Waals surface area (Å²) < 4.78 is 14.4. The molecule has 0 heterocycles. The Kier molecular flexibility index (Phi) is 5.25. The van der Waals surface area contributed by atoms with Gasteiger partial charge in [0, 0.05) is 0 Å². The van der Waals surface area contributed by atoms with Crippen LogP contribution in [0.4, 0.5) is 0 Å². The van der Waals surface area contributed by atoms with E-state index in [1.165, 1.54) is 6.92 Å². The molecule has 1 unspecified atom stereocenters. The molecule has 0 aliphatic carbocycles. The summed E-state index contributed by atoms with van der Waals surface area (Å²) >= 11 is 3.82. The highest BCUT2D eigenvalue weighted by atomic mass is 32.1. The summed E-state index contributed by atoms with van der Waals surface area (Å²) in [5.41, 5.74) is -1.70. The van der Waals surface area contributed by atoms with Gasteiger partial charge in [-0.15, -0.1) is 0 Å². The van der Waals surface area contributed by atoms with Gasteiger partial charge < -0.3 is 20.0 Å². The summed E-state index contributed by atoms with van der Waals surface area (Å²) in [6.07, 6.45) is -0.592. The molecule has 0 amide bonds. The summed E-state index contributed by atoms with van der Waals surface area (Å²) in [5, 5.41) is 17.0. The van der Waals surface area contributed by atoms with Crippen LogP contribution in [-0.2, 0) is 13.9 Å². The minimum atomic E-state index is -4.63. The molecular formula is C6H13O7PS. The Morgan fingerprint density at radius 1 is 1.60 bits per heavy atom. The van der Waals surface area contributed by atoms with Crippen molar-refractivity contribution < 1.29 is 33.9 Å². The highest BCUT2D eigenvalue weighted by Gasteiger charge is 2.33. The fourth-order valence-corrected chi connectivity index (χ4v) is 1.40. The van der Waals surface area contributed by atoms with Gasteiger partial charge in [-0.2, -0.15) is 12.6 Å². The Balaban J connectivity index is 4.25. The first-order valence-corrected chi connectivity index (χ1v) is 5.91. The Morgan fingerprint density at radius 3 is 2.40 bits per heavy atom. The average Bonchev–Trinajstić information content (AvgIpc) is 1.95. The van der Waals surface area contributed by atoms with Crippen molar-refractivity contribution in [2.45, 2.75) is 24.2 Å². The number of carbonyl (C=O) groups is 1. The predicted molar refractivity (Wildman–Crippen MR) is 53.6 cm³/mol. The smallest absolute Gasteiger partial charge is 0.469 e. The molecule has 0 spiro atoms. The topological polar surface area (TPSA) is 124 Å². The van der Waals surface area contributed by atoms with E-state index in [0.29, 0.717) is 0 Å². The van der Waals surface area contributed by atoms with Gasteiger partial charge in [0.2, 0.25) is 0 Å². The van der Waals surface area contributed by atoms with Crippen molar-refractivity contribution in [2.75, 3.05) is 6.61 Å². The molecule has 0 radical (unpaired) electrons. The lowest BCUT2D eigenvalue weighted by Crippen LogP contribution is -2.40. The zero-order valence-electron chi connectivity index (χ0n) is 7.90. The van der Waals surface area contributed by atoms with Gasteiger partial charge in [-0.1, -0.05) is 0 Å². The van der Waals surface area contributed by atoms with E-state index < -0.39 is 37.7 Å². The van der Waals surface area contributed by atoms with Crippen LogP contribution in [0.15, 0.2) is 0 Å². The third-order valence-corrected chi connectivity index (χ3v) is 2.82. The van der Waals surface area contributed by atoms with Crippen LogP contribution in [0, 0.1) is 0 Å². The minimum absolute atomic E-state index is 0.548. The molecule has 15 heavy (non-hydrogen) atoms. The molecule has 2 atom stereocenters. The van der Waals surface area contributed by atoms with Crippen LogP contribution in [0.1, 0.15) is 13.3 Å². The second-order valence-electron chi connectivity index (χ2n) is 3.23. The Bertz CT molecular complexity index is 273. The fraction of sp³-hybridized carbons (Fsp3) is 0.833. The maximum atomic E-state index is 10.3. The highest BCUT2D eigenvalue weighted by Crippen LogP contribution is 2.37. The number of aliphatic hydroxyl groups is 1. The fourth-order valence-electron chi connectivity index (χ4n) is 0.771. The lowest BCUT2D eigenvalue weighted by atomic mass is 9.98. The van der Waals surface area contributed by atoms with Crippen LogP contribution in [0.25, 0.3) is 0 Å². The predicted octanol–water partition coefficient (Wildman–Crippen LogP) is -0.380. The third kappa shape index (κ3) is 6.88. The molecule has 0 saturated heterocycles. The van der Waals surface area contributed by atoms with Gasteiger partial charge in [0.05, 0.1) is 23.9 Å². The maximum absolute atomic E-state index is 10.3. The molecule has 0 aromatic rings. The SMILES string of the molecule is C[C@](O)(CC(=O)O)C(S)COP(=O)(O)O. The number of hydrogen-bond donors (Lipinski definition) is 5. The van der Waals surface area contributed by atoms with Crippen molar-refractivity contribution in [3.05, 3.63) is 0 Å². The largest absolute Gasteiger partial charge is 0.481 e. The van der Waals surface area contributed by atoms with Gasteiger partial charge in [-0.25, -0.2) is 4.57 Å². The molecule has 0 aliphatic rings. The van der Waals surface area contributed by atoms with Crippen LogP contribution >= 0.6 is 20.5 Å². The van der Waals surface area contributed by atoms with Crippen LogP contribution in [0.5, 0.6) is 0 Å². The Labute approximate surface area is 91.7 Å². The molecule has 90 valence electrons. The highest BCUT2D eigenvalue weighted by molar-refractivity contribution is 7.81. The summed E-state index contributed by atoms with van der Waals surface area (Å²) in [5.74, 6) is -1.24. The van der Waals surface area contributed by atoms with Crippen molar-refractivity contribution in [1.29, 1.82) is 0 Å². The van der Waals surface area contributed by atoms with Gasteiger partial charge in [0.15, 0.2) is 0 Å². The van der Waals surface area contributed by atoms with Gasteiger partial charge in [-0.3, -0.25) is 9.32 Å². The first-order chi connectivity index (χ1) is 6.54. The summed E-state index contributed by atoms with van der Waals surface area (Å²) in [6.45, 7) is 0.648. The number of phosphoric ester groups is 1. The van der Waals surface area contributed by atoms with Crippen LogP contribution in [0.3, 0.4) is 0 Å². The second-order valence-corrected chi connectivity index (χ2v) is 5.09. The average molecular weight is 260 g/mol. The molecule has 4 N–H and O–H groups in total. The molecule has 0 fully saturated rings. The van der Waals surface area contributed by atoms with Gasteiger partial charge in [-0.05, 0) is 6.92 Å². The lowest BCUT2D eigenvalue weighted by molar-refractivity contribution is -0.142. The number of rotatable bonds is 6. The van der Waals surface area contributed by atoms with E-state index in [0.717, 1.165) is 0 Å². The van der Waals surface area contributed by atoms with E-state index >= 15 is 0 Å². The molecule has 0 rings (SSSR count). The monoisotopic (exact) mass is 260 g/mol. The number of carboxylic acid groups (broad SMARTS) is 1. The van der Waals surface area contributed by atoms with E-state index in [4.69, 9.17) is 14.9 Å². The van der Waals surface area contributed by atoms with Crippen LogP contribution in [0.2, 0.25) is 0 Å². The molecular weight excluding hydrogens is 247 g/mol. The number of hydrogen-bond acceptors (Lipinski definition) is 5. The van der Waals surface area contributed by atoms with Crippen molar-refractivity contribution >= 4 is 26.4 Å². The standard InChI is InChI=1S/C6H13O7PS/c1-6(9,2-5(7)8)4(15)3-13-14(10,11)12/h4,9,15H,2-3H2,1H3,(H,7,8)(H2,10,11,12)/t4?,6-/m0/s1. The number of carboxylic acids is 1. The van der Waals surface area contributed by atoms with E-state index in [2.05, 4.69) is 17.2 Å². The van der Waals surface area contributed by atoms with Crippen molar-refractivity contribution in [3.8, 4) is 0 Å². The molecule has 9 heteroatoms. The summed E-state index contributed by atoms with van der Waals surface area (Å²) in [7, 11) is -4.63. The molecule has 7 nitrogen and oxygen atoms in total. The van der Waals surface area contributed by atoms with E-state index in [-0.39, 0.29) is 0 Å². The minimum Gasteiger partial charge on any atom is -0.481 e. The maximum Gasteiger partial charge on any atom is 0.469 e. The van der Waals surface area contributed by atoms with Crippen molar-refractivity contribution in [3.63, 3.8) is 0 Å². The molecule has 0 bridgehead atoms. The lowest BCUT2D eigenvalue weighted by Gasteiger charge is -2.27. The Morgan fingerprint density at radius 2 is 2.07 bits per heavy atom. The number of phosphoric acid groups is 1. The number of aliphatic carboxylic acids is 1. The summed E-state index contributed by atoms with van der Waals surface area (Å²) in [4.78, 5) is 27.1. The van der Waals surface area contributed by atoms with E-state index in [1.54, 1.807) is 0 Å². The molecule has 0 aromatic carbocycles. The molecule has 0 aliphatic heterocycles. The van der Waals surface area contributed by atoms with E-state index in [9.17, 15) is 14.5 Å². The quantitative estimate of drug-likeness (QED) is 0.325. The van der Waals surface area contributed by atoms with Gasteiger partial charge >= 0.3 is 13.8 Å². The first-order valence-electron chi connectivity index (χ1n) is 3.87. The second kappa shape index (κ2) is 5.29.